The van der Waals surface area contributed by atoms with E-state index in [4.69, 9.17) is 19.4 Å². The largest absolute Gasteiger partial charge is 0.504 e. The van der Waals surface area contributed by atoms with Crippen LogP contribution in [0.3, 0.4) is 0 Å². The highest BCUT2D eigenvalue weighted by molar-refractivity contribution is 5.63. The molecule has 1 aromatic carbocycles. The maximum atomic E-state index is 10.5. The molecule has 5 atom stereocenters. The molecule has 3 heterocycles. The van der Waals surface area contributed by atoms with Crippen LogP contribution in [0.25, 0.3) is 0 Å². The van der Waals surface area contributed by atoms with E-state index in [0.717, 1.165) is 26.3 Å². The summed E-state index contributed by atoms with van der Waals surface area (Å²) in [7, 11) is 2.21. The Balaban J connectivity index is 0.000000473. The minimum atomic E-state index is -0.833. The molecule has 2 aliphatic carbocycles. The maximum Gasteiger partial charge on any atom is 0.317 e. The van der Waals surface area contributed by atoms with Crippen LogP contribution in [-0.2, 0) is 16.6 Å². The quantitative estimate of drug-likeness (QED) is 0.708. The first-order valence-electron chi connectivity index (χ1n) is 10.5. The summed E-state index contributed by atoms with van der Waals surface area (Å²) in [6, 6.07) is 6.40. The molecule has 2 bridgehead atoms. The zero-order valence-electron chi connectivity index (χ0n) is 17.4. The number of phenols is 1. The molecule has 2 aliphatic heterocycles. The predicted molar refractivity (Wildman–Crippen MR) is 111 cm³/mol. The van der Waals surface area contributed by atoms with Gasteiger partial charge < -0.3 is 24.6 Å². The molecule has 2 aromatic rings. The molecule has 0 amide bonds. The number of carboxylic acids is 1. The second-order valence-corrected chi connectivity index (χ2v) is 8.57. The molecule has 1 saturated heterocycles. The molecule has 1 aromatic heterocycles. The second-order valence-electron chi connectivity index (χ2n) is 8.57. The number of likely N-dealkylation sites (N-methyl/N-ethyl adjacent to an activating group) is 1. The van der Waals surface area contributed by atoms with Crippen molar-refractivity contribution in [2.75, 3.05) is 13.6 Å². The number of hydrogen-bond donors (Lipinski definition) is 2. The number of aliphatic carboxylic acids is 1. The summed E-state index contributed by atoms with van der Waals surface area (Å²) in [5.41, 5.74) is 2.34. The third kappa shape index (κ3) is 2.96. The Labute approximate surface area is 180 Å². The average molecular weight is 423 g/mol. The number of piperidine rings is 1. The van der Waals surface area contributed by atoms with Crippen LogP contribution in [0.4, 0.5) is 0 Å². The van der Waals surface area contributed by atoms with Crippen molar-refractivity contribution >= 4 is 5.97 Å². The minimum Gasteiger partial charge on any atom is -0.504 e. The van der Waals surface area contributed by atoms with Crippen molar-refractivity contribution in [3.63, 3.8) is 0 Å². The molecule has 8 nitrogen and oxygen atoms in total. The molecular weight excluding hydrogens is 398 g/mol. The number of aromatic nitrogens is 2. The van der Waals surface area contributed by atoms with Gasteiger partial charge in [0.25, 0.3) is 5.97 Å². The second kappa shape index (κ2) is 7.23. The van der Waals surface area contributed by atoms with Crippen LogP contribution in [0, 0.1) is 5.92 Å². The van der Waals surface area contributed by atoms with Crippen molar-refractivity contribution in [1.82, 2.24) is 14.9 Å². The van der Waals surface area contributed by atoms with Gasteiger partial charge in [-0.2, -0.15) is 0 Å². The Morgan fingerprint density at radius 2 is 2.03 bits per heavy atom. The highest BCUT2D eigenvalue weighted by Crippen LogP contribution is 2.62. The fourth-order valence-corrected chi connectivity index (χ4v) is 5.79. The van der Waals surface area contributed by atoms with Gasteiger partial charge in [0, 0.05) is 42.3 Å². The van der Waals surface area contributed by atoms with Crippen LogP contribution < -0.4 is 9.47 Å². The molecule has 4 aliphatic rings. The number of rotatable bonds is 2. The number of benzene rings is 1. The number of likely N-dealkylation sites (tertiary alicyclic amines) is 1. The number of aromatic hydroxyl groups is 1. The minimum absolute atomic E-state index is 0.160. The van der Waals surface area contributed by atoms with E-state index >= 15 is 0 Å². The van der Waals surface area contributed by atoms with Crippen LogP contribution in [0.2, 0.25) is 0 Å². The first-order chi connectivity index (χ1) is 14.9. The number of nitrogens with zero attached hydrogens (tertiary/aromatic N) is 3. The first-order valence-corrected chi connectivity index (χ1v) is 10.5. The normalized spacial score (nSPS) is 31.7. The topological polar surface area (TPSA) is 105 Å². The fraction of sp³-hybridized carbons (Fsp3) is 0.435. The lowest BCUT2D eigenvalue weighted by atomic mass is 9.53. The van der Waals surface area contributed by atoms with Gasteiger partial charge in [-0.05, 0) is 50.2 Å². The number of phenolic OH excluding ortho intramolecular Hbond substituents is 1. The molecule has 1 spiro atoms. The van der Waals surface area contributed by atoms with Gasteiger partial charge in [0.15, 0.2) is 17.6 Å². The van der Waals surface area contributed by atoms with Gasteiger partial charge in [-0.25, -0.2) is 9.97 Å². The smallest absolute Gasteiger partial charge is 0.317 e. The van der Waals surface area contributed by atoms with Crippen LogP contribution in [0.5, 0.6) is 17.5 Å². The third-order valence-corrected chi connectivity index (χ3v) is 6.91. The molecule has 6 rings (SSSR count). The summed E-state index contributed by atoms with van der Waals surface area (Å²) in [6.45, 7) is 2.10. The monoisotopic (exact) mass is 423 g/mol. The molecule has 0 saturated carbocycles. The van der Waals surface area contributed by atoms with E-state index in [9.17, 15) is 5.11 Å². The molecule has 162 valence electrons. The standard InChI is InChI=1S/C21H21N3O3.C2H4O2/c1-24-10-7-21-13-4-6-16(26-20-22-8-2-9-23-20)19(21)27-18-15(25)5-3-12(17(18)21)11-14(13)24;1-2(3)4/h2-6,8-9,13-14,16,19,25H,7,10-11H2,1H3;1H3,(H,3,4)/t13-,14+,16-,19-,21-;/m0./s1. The Kier molecular flexibility index (Phi) is 4.62. The van der Waals surface area contributed by atoms with Crippen LogP contribution in [0.1, 0.15) is 24.5 Å². The zero-order valence-corrected chi connectivity index (χ0v) is 17.4. The number of hydrogen-bond acceptors (Lipinski definition) is 7. The van der Waals surface area contributed by atoms with Crippen molar-refractivity contribution in [2.24, 2.45) is 5.92 Å². The molecule has 1 fully saturated rings. The van der Waals surface area contributed by atoms with Crippen molar-refractivity contribution in [1.29, 1.82) is 0 Å². The molecule has 31 heavy (non-hydrogen) atoms. The van der Waals surface area contributed by atoms with E-state index in [0.29, 0.717) is 23.7 Å². The third-order valence-electron chi connectivity index (χ3n) is 6.91. The van der Waals surface area contributed by atoms with E-state index in [1.54, 1.807) is 24.5 Å². The fourth-order valence-electron chi connectivity index (χ4n) is 5.79. The van der Waals surface area contributed by atoms with E-state index < -0.39 is 5.97 Å². The van der Waals surface area contributed by atoms with Gasteiger partial charge in [0.1, 0.15) is 6.10 Å². The predicted octanol–water partition coefficient (Wildman–Crippen LogP) is 2.17. The van der Waals surface area contributed by atoms with E-state index in [1.165, 1.54) is 11.1 Å². The van der Waals surface area contributed by atoms with Gasteiger partial charge in [-0.1, -0.05) is 12.1 Å². The van der Waals surface area contributed by atoms with E-state index in [2.05, 4.69) is 40.1 Å². The van der Waals surface area contributed by atoms with Crippen molar-refractivity contribution in [2.45, 2.75) is 43.4 Å². The Hall–Kier alpha value is -3.13. The lowest BCUT2D eigenvalue weighted by Gasteiger charge is -2.56. The van der Waals surface area contributed by atoms with Crippen molar-refractivity contribution < 1.29 is 24.5 Å². The lowest BCUT2D eigenvalue weighted by molar-refractivity contribution is -0.134. The highest BCUT2D eigenvalue weighted by atomic mass is 16.6. The lowest BCUT2D eigenvalue weighted by Crippen LogP contribution is -2.65. The van der Waals surface area contributed by atoms with Crippen LogP contribution >= 0.6 is 0 Å². The summed E-state index contributed by atoms with van der Waals surface area (Å²) in [4.78, 5) is 19.9. The van der Waals surface area contributed by atoms with Gasteiger partial charge in [0.2, 0.25) is 0 Å². The van der Waals surface area contributed by atoms with Gasteiger partial charge in [-0.3, -0.25) is 4.79 Å². The highest BCUT2D eigenvalue weighted by Gasteiger charge is 2.65. The molecule has 0 unspecified atom stereocenters. The molecule has 0 radical (unpaired) electrons. The summed E-state index contributed by atoms with van der Waals surface area (Å²) in [6.07, 6.45) is 9.25. The summed E-state index contributed by atoms with van der Waals surface area (Å²) < 4.78 is 12.6. The summed E-state index contributed by atoms with van der Waals surface area (Å²) in [5, 5.41) is 17.9. The average Bonchev–Trinajstić information content (AvgIpc) is 3.09. The van der Waals surface area contributed by atoms with Crippen LogP contribution in [0.15, 0.2) is 42.7 Å². The van der Waals surface area contributed by atoms with Gasteiger partial charge in [0.05, 0.1) is 0 Å². The molecule has 2 N–H and O–H groups in total. The van der Waals surface area contributed by atoms with Gasteiger partial charge in [-0.15, -0.1) is 0 Å². The Morgan fingerprint density at radius 1 is 1.29 bits per heavy atom. The number of carbonyl (C=O) groups is 1. The number of ether oxygens (including phenoxy) is 2. The van der Waals surface area contributed by atoms with Crippen molar-refractivity contribution in [3.05, 3.63) is 53.9 Å². The summed E-state index contributed by atoms with van der Waals surface area (Å²) >= 11 is 0. The van der Waals surface area contributed by atoms with Gasteiger partial charge >= 0.3 is 6.01 Å². The van der Waals surface area contributed by atoms with E-state index in [-0.39, 0.29) is 23.4 Å². The van der Waals surface area contributed by atoms with Crippen LogP contribution in [-0.4, -0.2) is 62.9 Å². The van der Waals surface area contributed by atoms with Crippen molar-refractivity contribution in [3.8, 4) is 17.5 Å². The first kappa shape index (κ1) is 19.8. The SMILES string of the molecule is CC(=O)O.CN1CC[C@]23c4c5ccc(O)c4O[C@H]2[C@@H](Oc2ncccn2)C=C[C@H]3[C@H]1C5. The summed E-state index contributed by atoms with van der Waals surface area (Å²) in [5.74, 6) is 0.397. The molecular formula is C23H25N3O5. The Bertz CT molecular complexity index is 1040. The number of carboxylic acid groups (broad SMARTS) is 1. The molecule has 8 heteroatoms. The Morgan fingerprint density at radius 3 is 2.77 bits per heavy atom. The zero-order chi connectivity index (χ0) is 21.8. The van der Waals surface area contributed by atoms with E-state index in [1.807, 2.05) is 0 Å². The maximum absolute atomic E-state index is 10.5.